The van der Waals surface area contributed by atoms with Crippen LogP contribution in [0.15, 0.2) is 0 Å². The van der Waals surface area contributed by atoms with E-state index in [1.807, 2.05) is 0 Å². The normalized spacial score (nSPS) is 19.2. The highest BCUT2D eigenvalue weighted by atomic mass is 28.4. The van der Waals surface area contributed by atoms with Crippen molar-refractivity contribution in [1.82, 2.24) is 0 Å². The molecule has 1 fully saturated rings. The lowest BCUT2D eigenvalue weighted by atomic mass is 10.00. The van der Waals surface area contributed by atoms with Crippen molar-refractivity contribution in [3.63, 3.8) is 0 Å². The van der Waals surface area contributed by atoms with E-state index in [0.29, 0.717) is 6.42 Å². The van der Waals surface area contributed by atoms with Gasteiger partial charge in [-0.3, -0.25) is 4.79 Å². The van der Waals surface area contributed by atoms with Crippen LogP contribution in [0, 0.1) is 0 Å². The number of esters is 1. The van der Waals surface area contributed by atoms with Crippen LogP contribution in [-0.4, -0.2) is 50.9 Å². The summed E-state index contributed by atoms with van der Waals surface area (Å²) in [7, 11) is -0.441. The van der Waals surface area contributed by atoms with Crippen molar-refractivity contribution in [2.24, 2.45) is 0 Å². The third kappa shape index (κ3) is 17.8. The summed E-state index contributed by atoms with van der Waals surface area (Å²) in [6, 6.07) is 0. The van der Waals surface area contributed by atoms with E-state index in [0.717, 1.165) is 44.9 Å². The quantitative estimate of drug-likeness (QED) is 0.0598. The van der Waals surface area contributed by atoms with Crippen LogP contribution in [0.4, 0.5) is 0 Å². The van der Waals surface area contributed by atoms with Gasteiger partial charge < -0.3 is 19.0 Å². The molecule has 1 N–H and O–H groups in total. The molecule has 6 heteroatoms. The van der Waals surface area contributed by atoms with Gasteiger partial charge in [0, 0.05) is 6.42 Å². The Labute approximate surface area is 262 Å². The second-order valence-corrected chi connectivity index (χ2v) is 19.4. The summed E-state index contributed by atoms with van der Waals surface area (Å²) in [5.74, 6) is -0.0983. The van der Waals surface area contributed by atoms with Crippen LogP contribution in [0.2, 0.25) is 18.1 Å². The number of unbranched alkanes of at least 4 members (excludes halogenated alkanes) is 16. The zero-order valence-electron chi connectivity index (χ0n) is 29.2. The molecule has 1 rings (SSSR count). The van der Waals surface area contributed by atoms with Gasteiger partial charge in [0.2, 0.25) is 0 Å². The molecule has 5 nitrogen and oxygen atoms in total. The number of aliphatic hydroxyl groups is 1. The molecule has 1 heterocycles. The van der Waals surface area contributed by atoms with E-state index in [2.05, 4.69) is 40.8 Å². The minimum atomic E-state index is -1.90. The van der Waals surface area contributed by atoms with Crippen molar-refractivity contribution in [3.05, 3.63) is 0 Å². The highest BCUT2D eigenvalue weighted by Gasteiger charge is 2.43. The summed E-state index contributed by atoms with van der Waals surface area (Å²) in [4.78, 5) is 11.2. The third-order valence-corrected chi connectivity index (χ3v) is 14.4. The minimum absolute atomic E-state index is 0.0389. The second kappa shape index (κ2) is 23.0. The third-order valence-electron chi connectivity index (χ3n) is 9.88. The van der Waals surface area contributed by atoms with Crippen molar-refractivity contribution in [2.45, 2.75) is 218 Å². The van der Waals surface area contributed by atoms with Gasteiger partial charge in [-0.15, -0.1) is 0 Å². The first-order chi connectivity index (χ1) is 20.0. The van der Waals surface area contributed by atoms with Crippen molar-refractivity contribution in [2.75, 3.05) is 7.11 Å². The molecule has 0 aromatic rings. The van der Waals surface area contributed by atoms with Gasteiger partial charge in [-0.2, -0.15) is 0 Å². The predicted molar refractivity (Wildman–Crippen MR) is 181 cm³/mol. The Hall–Kier alpha value is -0.433. The van der Waals surface area contributed by atoms with Crippen LogP contribution >= 0.6 is 0 Å². The van der Waals surface area contributed by atoms with E-state index in [1.54, 1.807) is 0 Å². The summed E-state index contributed by atoms with van der Waals surface area (Å²) in [5, 5.41) is 11.1. The van der Waals surface area contributed by atoms with Crippen molar-refractivity contribution in [1.29, 1.82) is 0 Å². The smallest absolute Gasteiger partial charge is 0.305 e. The Morgan fingerprint density at radius 1 is 0.762 bits per heavy atom. The van der Waals surface area contributed by atoms with Gasteiger partial charge >= 0.3 is 5.97 Å². The Morgan fingerprint density at radius 2 is 1.21 bits per heavy atom. The van der Waals surface area contributed by atoms with E-state index >= 15 is 0 Å². The number of hydrogen-bond donors (Lipinski definition) is 1. The molecule has 1 aliphatic heterocycles. The summed E-state index contributed by atoms with van der Waals surface area (Å²) in [6.45, 7) is 14.0. The molecule has 0 spiro atoms. The van der Waals surface area contributed by atoms with E-state index in [4.69, 9.17) is 13.9 Å². The molecule has 0 amide bonds. The van der Waals surface area contributed by atoms with Gasteiger partial charge in [0.25, 0.3) is 0 Å². The molecule has 0 unspecified atom stereocenters. The Kier molecular flexibility index (Phi) is 21.7. The largest absolute Gasteiger partial charge is 0.469 e. The Morgan fingerprint density at radius 3 is 1.71 bits per heavy atom. The predicted octanol–water partition coefficient (Wildman–Crippen LogP) is 10.7. The van der Waals surface area contributed by atoms with E-state index in [-0.39, 0.29) is 35.4 Å². The lowest BCUT2D eigenvalue weighted by molar-refractivity contribution is -0.140. The summed E-state index contributed by atoms with van der Waals surface area (Å²) >= 11 is 0. The van der Waals surface area contributed by atoms with Crippen LogP contribution in [0.3, 0.4) is 0 Å². The van der Waals surface area contributed by atoms with Crippen molar-refractivity contribution >= 4 is 14.3 Å². The summed E-state index contributed by atoms with van der Waals surface area (Å²) in [5.41, 5.74) is 0. The van der Waals surface area contributed by atoms with Gasteiger partial charge in [-0.1, -0.05) is 137 Å². The molecule has 42 heavy (non-hydrogen) atoms. The highest BCUT2D eigenvalue weighted by molar-refractivity contribution is 6.74. The van der Waals surface area contributed by atoms with Crippen LogP contribution < -0.4 is 0 Å². The number of rotatable bonds is 26. The zero-order chi connectivity index (χ0) is 31.3. The van der Waals surface area contributed by atoms with E-state index < -0.39 is 8.32 Å². The monoisotopic (exact) mass is 613 g/mol. The molecule has 0 radical (unpaired) electrons. The standard InChI is InChI=1S/C36H72O5Si/c1-8-9-10-11-12-13-14-18-21-24-27-34(41-42(6,7)36(2,3)4)33-30-29-32(40-33)31(37)26-23-20-17-15-16-19-22-25-28-35(38)39-5/h31-34,37H,8-30H2,1-7H3/t31-,32-,33-,34-/m1/s1. The van der Waals surface area contributed by atoms with Crippen LogP contribution in [0.5, 0.6) is 0 Å². The van der Waals surface area contributed by atoms with Gasteiger partial charge in [0.05, 0.1) is 31.5 Å². The lowest BCUT2D eigenvalue weighted by Crippen LogP contribution is -2.47. The highest BCUT2D eigenvalue weighted by Crippen LogP contribution is 2.40. The van der Waals surface area contributed by atoms with Crippen LogP contribution in [-0.2, 0) is 18.7 Å². The molecule has 1 saturated heterocycles. The SMILES string of the molecule is CCCCCCCCCCCC[C@@H](O[Si](C)(C)C(C)(C)C)[C@H]1CC[C@H]([C@H](O)CCCCCCCCCCC(=O)OC)O1. The zero-order valence-corrected chi connectivity index (χ0v) is 30.2. The van der Waals surface area contributed by atoms with Crippen molar-refractivity contribution in [3.8, 4) is 0 Å². The maximum atomic E-state index is 11.2. The van der Waals surface area contributed by atoms with Crippen molar-refractivity contribution < 1.29 is 23.8 Å². The first-order valence-corrected chi connectivity index (χ1v) is 21.0. The summed E-state index contributed by atoms with van der Waals surface area (Å²) < 4.78 is 18.2. The number of carbonyl (C=O) groups excluding carboxylic acids is 1. The molecule has 0 aromatic heterocycles. The summed E-state index contributed by atoms with van der Waals surface area (Å²) in [6.07, 6.45) is 27.0. The second-order valence-electron chi connectivity index (χ2n) is 14.7. The van der Waals surface area contributed by atoms with Crippen LogP contribution in [0.1, 0.15) is 175 Å². The first-order valence-electron chi connectivity index (χ1n) is 18.1. The number of methoxy groups -OCH3 is 1. The van der Waals surface area contributed by atoms with Gasteiger partial charge in [0.1, 0.15) is 0 Å². The fourth-order valence-corrected chi connectivity index (χ4v) is 7.31. The number of aliphatic hydroxyl groups excluding tert-OH is 1. The molecule has 4 atom stereocenters. The molecule has 0 bridgehead atoms. The molecular formula is C36H72O5Si. The maximum Gasteiger partial charge on any atom is 0.305 e. The lowest BCUT2D eigenvalue weighted by Gasteiger charge is -2.41. The van der Waals surface area contributed by atoms with E-state index in [1.165, 1.54) is 103 Å². The minimum Gasteiger partial charge on any atom is -0.469 e. The average molecular weight is 613 g/mol. The molecule has 0 aliphatic carbocycles. The fraction of sp³-hybridized carbons (Fsp3) is 0.972. The Balaban J connectivity index is 2.35. The molecule has 0 aromatic carbocycles. The first kappa shape index (κ1) is 39.6. The number of carbonyl (C=O) groups is 1. The number of hydrogen-bond acceptors (Lipinski definition) is 5. The average Bonchev–Trinajstić information content (AvgIpc) is 3.44. The fourth-order valence-electron chi connectivity index (χ4n) is 5.93. The molecule has 1 aliphatic rings. The maximum absolute atomic E-state index is 11.2. The molecule has 250 valence electrons. The molecular weight excluding hydrogens is 540 g/mol. The van der Waals surface area contributed by atoms with E-state index in [9.17, 15) is 9.90 Å². The Bertz CT molecular complexity index is 662. The van der Waals surface area contributed by atoms with Gasteiger partial charge in [-0.25, -0.2) is 0 Å². The number of ether oxygens (including phenoxy) is 2. The van der Waals surface area contributed by atoms with Gasteiger partial charge in [0.15, 0.2) is 8.32 Å². The van der Waals surface area contributed by atoms with Crippen LogP contribution in [0.25, 0.3) is 0 Å². The molecule has 0 saturated carbocycles. The van der Waals surface area contributed by atoms with Gasteiger partial charge in [-0.05, 0) is 50.2 Å². The topological polar surface area (TPSA) is 65.0 Å².